The lowest BCUT2D eigenvalue weighted by Gasteiger charge is -2.33. The molecule has 0 spiro atoms. The average molecular weight is 271 g/mol. The van der Waals surface area contributed by atoms with Crippen molar-refractivity contribution in [1.82, 2.24) is 4.90 Å². The van der Waals surface area contributed by atoms with Crippen LogP contribution in [0, 0.1) is 0 Å². The number of thiophene rings is 1. The van der Waals surface area contributed by atoms with Gasteiger partial charge < -0.3 is 0 Å². The van der Waals surface area contributed by atoms with Gasteiger partial charge >= 0.3 is 0 Å². The third kappa shape index (κ3) is 1.71. The Kier molecular flexibility index (Phi) is 2.57. The van der Waals surface area contributed by atoms with E-state index in [1.54, 1.807) is 11.3 Å². The Morgan fingerprint density at radius 2 is 1.68 bits per heavy atom. The molecule has 3 rings (SSSR count). The summed E-state index contributed by atoms with van der Waals surface area (Å²) in [4.78, 5) is 25.1. The molecular weight excluding hydrogens is 258 g/mol. The zero-order chi connectivity index (χ0) is 13.6. The average Bonchev–Trinajstić information content (AvgIpc) is 2.93. The van der Waals surface area contributed by atoms with Crippen LogP contribution in [-0.4, -0.2) is 16.7 Å². The number of fused-ring (bicyclic) bond motifs is 1. The summed E-state index contributed by atoms with van der Waals surface area (Å²) in [6.07, 6.45) is 2.66. The maximum Gasteiger partial charge on any atom is 0.254 e. The van der Waals surface area contributed by atoms with Crippen LogP contribution in [0.5, 0.6) is 0 Å². The number of amides is 2. The number of carbonyl (C=O) groups excluding carboxylic acids is 2. The highest BCUT2D eigenvalue weighted by molar-refractivity contribution is 7.17. The summed E-state index contributed by atoms with van der Waals surface area (Å²) in [6, 6.07) is 8.04. The van der Waals surface area contributed by atoms with Crippen molar-refractivity contribution in [2.24, 2.45) is 0 Å². The third-order valence-electron chi connectivity index (χ3n) is 3.51. The molecule has 0 N–H and O–H groups in total. The molecule has 4 heteroatoms. The van der Waals surface area contributed by atoms with E-state index in [1.807, 2.05) is 43.5 Å². The summed E-state index contributed by atoms with van der Waals surface area (Å²) in [5, 5.41) is 3.13. The van der Waals surface area contributed by atoms with E-state index in [0.717, 1.165) is 15.6 Å². The normalized spacial score (nSPS) is 15.8. The van der Waals surface area contributed by atoms with E-state index in [9.17, 15) is 9.59 Å². The second kappa shape index (κ2) is 4.03. The van der Waals surface area contributed by atoms with Crippen LogP contribution in [-0.2, 0) is 15.1 Å². The van der Waals surface area contributed by atoms with E-state index in [2.05, 4.69) is 0 Å². The first kappa shape index (κ1) is 12.1. The lowest BCUT2D eigenvalue weighted by molar-refractivity contribution is -0.143. The summed E-state index contributed by atoms with van der Waals surface area (Å²) < 4.78 is 1.16. The molecule has 1 aliphatic rings. The summed E-state index contributed by atoms with van der Waals surface area (Å²) in [7, 11) is 0. The molecule has 0 saturated heterocycles. The van der Waals surface area contributed by atoms with Gasteiger partial charge in [0.15, 0.2) is 0 Å². The first-order chi connectivity index (χ1) is 9.01. The quantitative estimate of drug-likeness (QED) is 0.787. The van der Waals surface area contributed by atoms with E-state index in [4.69, 9.17) is 0 Å². The van der Waals surface area contributed by atoms with Gasteiger partial charge in [-0.25, -0.2) is 0 Å². The fraction of sp³-hybridized carbons (Fsp3) is 0.200. The largest absolute Gasteiger partial charge is 0.269 e. The molecule has 96 valence electrons. The number of nitrogens with zero attached hydrogens (tertiary/aromatic N) is 1. The van der Waals surface area contributed by atoms with Gasteiger partial charge in [-0.2, -0.15) is 0 Å². The summed E-state index contributed by atoms with van der Waals surface area (Å²) >= 11 is 1.63. The van der Waals surface area contributed by atoms with Gasteiger partial charge in [0.1, 0.15) is 0 Å². The molecule has 19 heavy (non-hydrogen) atoms. The van der Waals surface area contributed by atoms with Gasteiger partial charge in [0.05, 0.1) is 5.54 Å². The first-order valence-electron chi connectivity index (χ1n) is 6.05. The molecule has 0 radical (unpaired) electrons. The molecule has 2 heterocycles. The molecular formula is C15H13NO2S. The highest BCUT2D eigenvalue weighted by Gasteiger charge is 2.39. The molecule has 0 saturated carbocycles. The van der Waals surface area contributed by atoms with Gasteiger partial charge in [-0.15, -0.1) is 11.3 Å². The Morgan fingerprint density at radius 3 is 2.37 bits per heavy atom. The van der Waals surface area contributed by atoms with Crippen LogP contribution >= 0.6 is 11.3 Å². The van der Waals surface area contributed by atoms with Crippen LogP contribution in [0.4, 0.5) is 0 Å². The molecule has 1 aromatic heterocycles. The number of benzene rings is 1. The summed E-state index contributed by atoms with van der Waals surface area (Å²) in [5.74, 6) is -0.490. The second-order valence-electron chi connectivity index (χ2n) is 5.05. The predicted octanol–water partition coefficient (Wildman–Crippen LogP) is 3.06. The highest BCUT2D eigenvalue weighted by Crippen LogP contribution is 2.38. The smallest absolute Gasteiger partial charge is 0.254 e. The van der Waals surface area contributed by atoms with E-state index in [-0.39, 0.29) is 11.8 Å². The van der Waals surface area contributed by atoms with Crippen LogP contribution in [0.25, 0.3) is 10.1 Å². The predicted molar refractivity (Wildman–Crippen MR) is 75.8 cm³/mol. The van der Waals surface area contributed by atoms with Crippen LogP contribution in [0.2, 0.25) is 0 Å². The maximum absolute atomic E-state index is 11.9. The van der Waals surface area contributed by atoms with E-state index in [0.29, 0.717) is 0 Å². The summed E-state index contributed by atoms with van der Waals surface area (Å²) in [6.45, 7) is 3.81. The Labute approximate surface area is 115 Å². The molecule has 3 nitrogen and oxygen atoms in total. The van der Waals surface area contributed by atoms with Crippen molar-refractivity contribution in [3.8, 4) is 0 Å². The van der Waals surface area contributed by atoms with Gasteiger partial charge in [-0.1, -0.05) is 18.2 Å². The van der Waals surface area contributed by atoms with Crippen LogP contribution in [0.1, 0.15) is 19.4 Å². The fourth-order valence-electron chi connectivity index (χ4n) is 2.52. The Morgan fingerprint density at radius 1 is 1.05 bits per heavy atom. The molecule has 0 aliphatic carbocycles. The lowest BCUT2D eigenvalue weighted by atomic mass is 9.92. The zero-order valence-electron chi connectivity index (χ0n) is 10.7. The number of hydrogen-bond acceptors (Lipinski definition) is 3. The van der Waals surface area contributed by atoms with Gasteiger partial charge in [0, 0.05) is 16.9 Å². The Balaban J connectivity index is 2.14. The summed E-state index contributed by atoms with van der Waals surface area (Å²) in [5.41, 5.74) is 0.371. The van der Waals surface area contributed by atoms with Gasteiger partial charge in [0.25, 0.3) is 11.8 Å². The molecule has 0 unspecified atom stereocenters. The van der Waals surface area contributed by atoms with Crippen molar-refractivity contribution in [2.45, 2.75) is 19.4 Å². The van der Waals surface area contributed by atoms with Crippen molar-refractivity contribution >= 4 is 33.2 Å². The SMILES string of the molecule is CC(C)(c1csc2ccccc12)N1C(=O)C=CC1=O. The van der Waals surface area contributed by atoms with E-state index >= 15 is 0 Å². The van der Waals surface area contributed by atoms with Crippen LogP contribution in [0.15, 0.2) is 41.8 Å². The maximum atomic E-state index is 11.9. The van der Waals surface area contributed by atoms with Crippen molar-refractivity contribution in [3.05, 3.63) is 47.4 Å². The van der Waals surface area contributed by atoms with Crippen molar-refractivity contribution in [2.75, 3.05) is 0 Å². The van der Waals surface area contributed by atoms with Gasteiger partial charge in [-0.05, 0) is 36.2 Å². The molecule has 0 bridgehead atoms. The standard InChI is InChI=1S/C15H13NO2S/c1-15(2,16-13(17)7-8-14(16)18)11-9-19-12-6-4-3-5-10(11)12/h3-9H,1-2H3. The number of hydrogen-bond donors (Lipinski definition) is 0. The molecule has 1 aromatic carbocycles. The van der Waals surface area contributed by atoms with Gasteiger partial charge in [0.2, 0.25) is 0 Å². The fourth-order valence-corrected chi connectivity index (χ4v) is 3.65. The molecule has 1 aliphatic heterocycles. The molecule has 2 amide bonds. The third-order valence-corrected chi connectivity index (χ3v) is 4.47. The second-order valence-corrected chi connectivity index (χ2v) is 5.96. The van der Waals surface area contributed by atoms with E-state index < -0.39 is 5.54 Å². The first-order valence-corrected chi connectivity index (χ1v) is 6.93. The van der Waals surface area contributed by atoms with Crippen LogP contribution < -0.4 is 0 Å². The zero-order valence-corrected chi connectivity index (χ0v) is 11.5. The number of carbonyl (C=O) groups is 2. The number of imide groups is 1. The minimum atomic E-state index is -0.642. The minimum absolute atomic E-state index is 0.245. The number of rotatable bonds is 2. The van der Waals surface area contributed by atoms with Crippen LogP contribution in [0.3, 0.4) is 0 Å². The highest BCUT2D eigenvalue weighted by atomic mass is 32.1. The lowest BCUT2D eigenvalue weighted by Crippen LogP contribution is -2.45. The molecule has 0 atom stereocenters. The topological polar surface area (TPSA) is 37.4 Å². The van der Waals surface area contributed by atoms with E-state index in [1.165, 1.54) is 17.1 Å². The van der Waals surface area contributed by atoms with Crippen molar-refractivity contribution < 1.29 is 9.59 Å². The Bertz CT molecular complexity index is 694. The minimum Gasteiger partial charge on any atom is -0.269 e. The van der Waals surface area contributed by atoms with Crippen molar-refractivity contribution in [3.63, 3.8) is 0 Å². The monoisotopic (exact) mass is 271 g/mol. The van der Waals surface area contributed by atoms with Gasteiger partial charge in [-0.3, -0.25) is 14.5 Å². The molecule has 2 aromatic rings. The Hall–Kier alpha value is -1.94. The van der Waals surface area contributed by atoms with Crippen molar-refractivity contribution in [1.29, 1.82) is 0 Å². The molecule has 0 fully saturated rings.